The van der Waals surface area contributed by atoms with E-state index in [9.17, 15) is 5.11 Å². The van der Waals surface area contributed by atoms with Crippen molar-refractivity contribution in [1.82, 2.24) is 14.7 Å². The lowest BCUT2D eigenvalue weighted by Gasteiger charge is -2.39. The number of nitrogens with zero attached hydrogens (tertiary/aromatic N) is 3. The minimum absolute atomic E-state index is 0.376. The Morgan fingerprint density at radius 1 is 1.44 bits per heavy atom. The van der Waals surface area contributed by atoms with Crippen molar-refractivity contribution in [2.45, 2.75) is 37.3 Å². The molecule has 1 unspecified atom stereocenters. The van der Waals surface area contributed by atoms with E-state index in [-0.39, 0.29) is 5.60 Å². The third kappa shape index (κ3) is 1.87. The van der Waals surface area contributed by atoms with Gasteiger partial charge in [0.05, 0.1) is 11.6 Å². The Bertz CT molecular complexity index is 345. The van der Waals surface area contributed by atoms with Crippen molar-refractivity contribution in [3.63, 3.8) is 0 Å². The van der Waals surface area contributed by atoms with Gasteiger partial charge in [0, 0.05) is 32.0 Å². The molecule has 0 radical (unpaired) electrons. The molecule has 0 bridgehead atoms. The van der Waals surface area contributed by atoms with Gasteiger partial charge in [-0.1, -0.05) is 0 Å². The Balaban J connectivity index is 1.57. The molecule has 1 N–H and O–H groups in total. The van der Waals surface area contributed by atoms with E-state index < -0.39 is 0 Å². The number of hydrogen-bond acceptors (Lipinski definition) is 3. The summed E-state index contributed by atoms with van der Waals surface area (Å²) in [7, 11) is 0. The maximum Gasteiger partial charge on any atom is 0.0774 e. The summed E-state index contributed by atoms with van der Waals surface area (Å²) in [6.07, 6.45) is 8.17. The van der Waals surface area contributed by atoms with Crippen molar-refractivity contribution in [2.24, 2.45) is 0 Å². The topological polar surface area (TPSA) is 41.3 Å². The van der Waals surface area contributed by atoms with Gasteiger partial charge in [-0.2, -0.15) is 5.10 Å². The normalized spacial score (nSPS) is 29.2. The van der Waals surface area contributed by atoms with Crippen LogP contribution in [0.4, 0.5) is 0 Å². The lowest BCUT2D eigenvalue weighted by atomic mass is 9.80. The molecular weight excluding hydrogens is 202 g/mol. The Morgan fingerprint density at radius 3 is 2.94 bits per heavy atom. The first-order chi connectivity index (χ1) is 7.75. The number of likely N-dealkylation sites (tertiary alicyclic amines) is 1. The van der Waals surface area contributed by atoms with E-state index in [1.165, 1.54) is 6.42 Å². The lowest BCUT2D eigenvalue weighted by Crippen LogP contribution is -2.47. The summed E-state index contributed by atoms with van der Waals surface area (Å²) in [5.41, 5.74) is -0.376. The van der Waals surface area contributed by atoms with E-state index in [0.29, 0.717) is 6.04 Å². The van der Waals surface area contributed by atoms with Gasteiger partial charge in [-0.25, -0.2) is 0 Å². The zero-order chi connectivity index (χ0) is 11.0. The monoisotopic (exact) mass is 221 g/mol. The van der Waals surface area contributed by atoms with Gasteiger partial charge in [0.15, 0.2) is 0 Å². The van der Waals surface area contributed by atoms with E-state index in [1.807, 2.05) is 23.1 Å². The Labute approximate surface area is 95.9 Å². The lowest BCUT2D eigenvalue weighted by molar-refractivity contribution is -0.0552. The number of aromatic nitrogens is 2. The number of rotatable bonds is 3. The first-order valence-corrected chi connectivity index (χ1v) is 6.19. The zero-order valence-corrected chi connectivity index (χ0v) is 9.55. The van der Waals surface area contributed by atoms with Crippen LogP contribution in [0.1, 0.15) is 31.7 Å². The summed E-state index contributed by atoms with van der Waals surface area (Å²) in [4.78, 5) is 2.38. The molecule has 0 spiro atoms. The van der Waals surface area contributed by atoms with Crippen LogP contribution in [-0.4, -0.2) is 45.0 Å². The fourth-order valence-corrected chi connectivity index (χ4v) is 2.83. The molecule has 4 heteroatoms. The van der Waals surface area contributed by atoms with Crippen LogP contribution in [-0.2, 0) is 0 Å². The van der Waals surface area contributed by atoms with Crippen LogP contribution in [0.25, 0.3) is 0 Å². The van der Waals surface area contributed by atoms with E-state index in [4.69, 9.17) is 0 Å². The Morgan fingerprint density at radius 2 is 2.31 bits per heavy atom. The van der Waals surface area contributed by atoms with Gasteiger partial charge >= 0.3 is 0 Å². The van der Waals surface area contributed by atoms with Crippen molar-refractivity contribution in [3.8, 4) is 0 Å². The first-order valence-electron chi connectivity index (χ1n) is 6.19. The molecule has 3 rings (SSSR count). The molecule has 4 nitrogen and oxygen atoms in total. The van der Waals surface area contributed by atoms with Crippen molar-refractivity contribution >= 4 is 0 Å². The van der Waals surface area contributed by atoms with Gasteiger partial charge in [-0.05, 0) is 31.7 Å². The zero-order valence-electron chi connectivity index (χ0n) is 9.55. The fourth-order valence-electron chi connectivity index (χ4n) is 2.83. The smallest absolute Gasteiger partial charge is 0.0774 e. The minimum Gasteiger partial charge on any atom is -0.389 e. The largest absolute Gasteiger partial charge is 0.389 e. The number of β-amino-alcohol motifs (C(OH)–C–C–N with tert-alkyl or cyclic N) is 1. The van der Waals surface area contributed by atoms with Crippen LogP contribution in [0.3, 0.4) is 0 Å². The molecule has 2 fully saturated rings. The predicted molar refractivity (Wildman–Crippen MR) is 61.1 cm³/mol. The predicted octanol–water partition coefficient (Wildman–Crippen LogP) is 1.04. The molecule has 16 heavy (non-hydrogen) atoms. The van der Waals surface area contributed by atoms with Gasteiger partial charge in [0.2, 0.25) is 0 Å². The molecule has 1 saturated carbocycles. The highest BCUT2D eigenvalue weighted by Gasteiger charge is 2.38. The molecule has 1 aromatic rings. The summed E-state index contributed by atoms with van der Waals surface area (Å²) in [6, 6.07) is 2.47. The van der Waals surface area contributed by atoms with E-state index in [1.54, 1.807) is 0 Å². The van der Waals surface area contributed by atoms with E-state index in [0.717, 1.165) is 38.9 Å². The van der Waals surface area contributed by atoms with Crippen molar-refractivity contribution in [3.05, 3.63) is 18.5 Å². The minimum atomic E-state index is -0.376. The Hall–Kier alpha value is -0.870. The molecule has 0 aromatic carbocycles. The third-order valence-corrected chi connectivity index (χ3v) is 3.95. The second-order valence-electron chi connectivity index (χ2n) is 5.24. The van der Waals surface area contributed by atoms with Crippen LogP contribution >= 0.6 is 0 Å². The molecular formula is C12H19N3O. The van der Waals surface area contributed by atoms with Crippen LogP contribution in [0, 0.1) is 0 Å². The summed E-state index contributed by atoms with van der Waals surface area (Å²) < 4.78 is 2.05. The average Bonchev–Trinajstić information content (AvgIpc) is 2.83. The molecule has 1 atom stereocenters. The molecule has 1 saturated heterocycles. The van der Waals surface area contributed by atoms with Gasteiger partial charge in [0.25, 0.3) is 0 Å². The third-order valence-electron chi connectivity index (χ3n) is 3.95. The maximum atomic E-state index is 10.1. The van der Waals surface area contributed by atoms with Gasteiger partial charge < -0.3 is 5.11 Å². The van der Waals surface area contributed by atoms with Crippen molar-refractivity contribution < 1.29 is 5.11 Å². The van der Waals surface area contributed by atoms with Crippen molar-refractivity contribution in [1.29, 1.82) is 0 Å². The number of aliphatic hydroxyl groups is 1. The fraction of sp³-hybridized carbons (Fsp3) is 0.750. The quantitative estimate of drug-likeness (QED) is 0.829. The second kappa shape index (κ2) is 3.86. The van der Waals surface area contributed by atoms with E-state index >= 15 is 0 Å². The molecule has 88 valence electrons. The van der Waals surface area contributed by atoms with Gasteiger partial charge in [0.1, 0.15) is 0 Å². The second-order valence-corrected chi connectivity index (χ2v) is 5.24. The molecule has 2 aliphatic rings. The van der Waals surface area contributed by atoms with Crippen LogP contribution < -0.4 is 0 Å². The summed E-state index contributed by atoms with van der Waals surface area (Å²) in [5.74, 6) is 0. The Kier molecular flexibility index (Phi) is 2.48. The van der Waals surface area contributed by atoms with Gasteiger partial charge in [-0.15, -0.1) is 0 Å². The molecule has 1 aromatic heterocycles. The summed E-state index contributed by atoms with van der Waals surface area (Å²) in [5, 5.41) is 14.4. The van der Waals surface area contributed by atoms with Gasteiger partial charge in [-0.3, -0.25) is 9.58 Å². The summed E-state index contributed by atoms with van der Waals surface area (Å²) in [6.45, 7) is 2.97. The molecule has 1 aliphatic heterocycles. The first kappa shape index (κ1) is 10.3. The highest BCUT2D eigenvalue weighted by Crippen LogP contribution is 2.34. The SMILES string of the molecule is OC1(CN2CCC(n3cccn3)C2)CCC1. The van der Waals surface area contributed by atoms with Crippen LogP contribution in [0.5, 0.6) is 0 Å². The average molecular weight is 221 g/mol. The molecule has 1 aliphatic carbocycles. The molecule has 2 heterocycles. The van der Waals surface area contributed by atoms with Crippen molar-refractivity contribution in [2.75, 3.05) is 19.6 Å². The highest BCUT2D eigenvalue weighted by molar-refractivity contribution is 4.93. The standard InChI is InChI=1S/C12H19N3O/c16-12(4-1-5-12)10-14-8-3-11(9-14)15-7-2-6-13-15/h2,6-7,11,16H,1,3-5,8-10H2. The summed E-state index contributed by atoms with van der Waals surface area (Å²) >= 11 is 0. The van der Waals surface area contributed by atoms with E-state index in [2.05, 4.69) is 10.00 Å². The highest BCUT2D eigenvalue weighted by atomic mass is 16.3. The molecule has 0 amide bonds. The van der Waals surface area contributed by atoms with Crippen LogP contribution in [0.2, 0.25) is 0 Å². The van der Waals surface area contributed by atoms with Crippen LogP contribution in [0.15, 0.2) is 18.5 Å². The number of hydrogen-bond donors (Lipinski definition) is 1. The maximum absolute atomic E-state index is 10.1.